The van der Waals surface area contributed by atoms with E-state index in [1.807, 2.05) is 6.92 Å². The number of nitrogen functional groups attached to an aromatic ring is 1. The third-order valence-corrected chi connectivity index (χ3v) is 2.74. The van der Waals surface area contributed by atoms with Crippen molar-refractivity contribution in [3.63, 3.8) is 0 Å². The monoisotopic (exact) mass is 207 g/mol. The second-order valence-corrected chi connectivity index (χ2v) is 3.89. The second-order valence-electron chi connectivity index (χ2n) is 3.89. The van der Waals surface area contributed by atoms with Gasteiger partial charge < -0.3 is 11.2 Å². The smallest absolute Gasteiger partial charge is 0.148 e. The highest BCUT2D eigenvalue weighted by molar-refractivity contribution is 5.53. The molecular formula is C10H17N5. The van der Waals surface area contributed by atoms with Crippen molar-refractivity contribution in [1.82, 2.24) is 15.0 Å². The van der Waals surface area contributed by atoms with Crippen molar-refractivity contribution >= 4 is 11.6 Å². The highest BCUT2D eigenvalue weighted by Crippen LogP contribution is 2.17. The Morgan fingerprint density at radius 1 is 1.27 bits per heavy atom. The molecular weight excluding hydrogens is 190 g/mol. The van der Waals surface area contributed by atoms with Crippen molar-refractivity contribution in [1.29, 1.82) is 0 Å². The molecule has 0 bridgehead atoms. The summed E-state index contributed by atoms with van der Waals surface area (Å²) < 4.78 is 0. The Morgan fingerprint density at radius 3 is 2.73 bits per heavy atom. The Bertz CT molecular complexity index is 333. The Hall–Kier alpha value is -1.36. The van der Waals surface area contributed by atoms with Gasteiger partial charge in [0.25, 0.3) is 0 Å². The van der Waals surface area contributed by atoms with Crippen LogP contribution in [0.5, 0.6) is 0 Å². The fourth-order valence-electron chi connectivity index (χ4n) is 1.73. The third kappa shape index (κ3) is 2.36. The molecule has 1 fully saturated rings. The maximum atomic E-state index is 5.72. The Kier molecular flexibility index (Phi) is 3.01. The van der Waals surface area contributed by atoms with E-state index in [9.17, 15) is 0 Å². The molecule has 1 aromatic heterocycles. The van der Waals surface area contributed by atoms with Crippen LogP contribution >= 0.6 is 0 Å². The lowest BCUT2D eigenvalue weighted by molar-refractivity contribution is 0.272. The van der Waals surface area contributed by atoms with Crippen LogP contribution in [0.1, 0.15) is 24.8 Å². The van der Waals surface area contributed by atoms with Crippen molar-refractivity contribution in [2.45, 2.75) is 26.2 Å². The predicted molar refractivity (Wildman–Crippen MR) is 60.2 cm³/mol. The minimum Gasteiger partial charge on any atom is -0.383 e. The van der Waals surface area contributed by atoms with E-state index in [1.54, 1.807) is 0 Å². The number of nitrogens with one attached hydrogen (secondary N) is 1. The first-order chi connectivity index (χ1) is 7.27. The summed E-state index contributed by atoms with van der Waals surface area (Å²) in [5, 5.41) is 2.19. The van der Waals surface area contributed by atoms with Crippen molar-refractivity contribution in [3.8, 4) is 0 Å². The first kappa shape index (κ1) is 10.2. The number of nitrogens with two attached hydrogens (primary N) is 1. The molecule has 3 N–H and O–H groups in total. The molecule has 1 aliphatic heterocycles. The zero-order valence-corrected chi connectivity index (χ0v) is 9.03. The molecule has 0 aliphatic carbocycles. The number of aromatic nitrogens is 2. The molecule has 1 saturated heterocycles. The maximum Gasteiger partial charge on any atom is 0.148 e. The first-order valence-corrected chi connectivity index (χ1v) is 5.36. The molecule has 0 atom stereocenters. The van der Waals surface area contributed by atoms with Gasteiger partial charge in [0.1, 0.15) is 18.0 Å². The number of nitrogens with zero attached hydrogens (tertiary/aromatic N) is 3. The molecule has 82 valence electrons. The zero-order chi connectivity index (χ0) is 10.7. The van der Waals surface area contributed by atoms with Gasteiger partial charge in [0, 0.05) is 18.7 Å². The minimum atomic E-state index is 0.546. The average Bonchev–Trinajstić information content (AvgIpc) is 2.26. The molecule has 15 heavy (non-hydrogen) atoms. The fourth-order valence-corrected chi connectivity index (χ4v) is 1.73. The molecule has 5 nitrogen and oxygen atoms in total. The van der Waals surface area contributed by atoms with Crippen LogP contribution in [0.15, 0.2) is 6.33 Å². The second kappa shape index (κ2) is 4.44. The Morgan fingerprint density at radius 2 is 2.00 bits per heavy atom. The van der Waals surface area contributed by atoms with Gasteiger partial charge in [-0.1, -0.05) is 6.42 Å². The number of piperidine rings is 1. The largest absolute Gasteiger partial charge is 0.383 e. The van der Waals surface area contributed by atoms with Crippen LogP contribution in [0.2, 0.25) is 0 Å². The molecule has 5 heteroatoms. The van der Waals surface area contributed by atoms with E-state index in [0.717, 1.165) is 24.5 Å². The van der Waals surface area contributed by atoms with Crippen LogP contribution in [0.25, 0.3) is 0 Å². The standard InChI is InChI=1S/C10H17N5/c1-8-9(11)12-7-13-10(8)14-15-5-3-2-4-6-15/h7H,2-6H2,1H3,(H3,11,12,13,14). The molecule has 0 saturated carbocycles. The van der Waals surface area contributed by atoms with Gasteiger partial charge in [-0.15, -0.1) is 0 Å². The quantitative estimate of drug-likeness (QED) is 0.762. The van der Waals surface area contributed by atoms with Crippen molar-refractivity contribution in [2.24, 2.45) is 0 Å². The molecule has 2 rings (SSSR count). The normalized spacial score (nSPS) is 17.7. The van der Waals surface area contributed by atoms with Crippen molar-refractivity contribution in [2.75, 3.05) is 24.2 Å². The summed E-state index contributed by atoms with van der Waals surface area (Å²) in [6, 6.07) is 0. The zero-order valence-electron chi connectivity index (χ0n) is 9.03. The topological polar surface area (TPSA) is 67.1 Å². The van der Waals surface area contributed by atoms with Gasteiger partial charge in [0.05, 0.1) is 0 Å². The molecule has 0 unspecified atom stereocenters. The van der Waals surface area contributed by atoms with E-state index in [-0.39, 0.29) is 0 Å². The van der Waals surface area contributed by atoms with Gasteiger partial charge in [-0.05, 0) is 19.8 Å². The Balaban J connectivity index is 2.06. The van der Waals surface area contributed by atoms with E-state index < -0.39 is 0 Å². The summed E-state index contributed by atoms with van der Waals surface area (Å²) >= 11 is 0. The van der Waals surface area contributed by atoms with Gasteiger partial charge in [0.2, 0.25) is 0 Å². The van der Waals surface area contributed by atoms with Crippen LogP contribution in [-0.4, -0.2) is 28.1 Å². The molecule has 1 aromatic rings. The minimum absolute atomic E-state index is 0.546. The summed E-state index contributed by atoms with van der Waals surface area (Å²) in [5.74, 6) is 1.37. The van der Waals surface area contributed by atoms with Crippen LogP contribution < -0.4 is 11.2 Å². The molecule has 0 aromatic carbocycles. The van der Waals surface area contributed by atoms with E-state index in [4.69, 9.17) is 5.73 Å². The summed E-state index contributed by atoms with van der Waals surface area (Å²) in [6.45, 7) is 4.08. The van der Waals surface area contributed by atoms with E-state index in [0.29, 0.717) is 5.82 Å². The highest BCUT2D eigenvalue weighted by Gasteiger charge is 2.12. The molecule has 0 spiro atoms. The maximum absolute atomic E-state index is 5.72. The SMILES string of the molecule is Cc1c(N)ncnc1NN1CCCCC1. The molecule has 0 amide bonds. The summed E-state index contributed by atoms with van der Waals surface area (Å²) in [7, 11) is 0. The number of hydrogen-bond acceptors (Lipinski definition) is 5. The van der Waals surface area contributed by atoms with Gasteiger partial charge in [-0.3, -0.25) is 0 Å². The summed E-state index contributed by atoms with van der Waals surface area (Å²) in [6.07, 6.45) is 5.30. The average molecular weight is 207 g/mol. The first-order valence-electron chi connectivity index (χ1n) is 5.36. The van der Waals surface area contributed by atoms with E-state index >= 15 is 0 Å². The van der Waals surface area contributed by atoms with Gasteiger partial charge >= 0.3 is 0 Å². The number of hydrazine groups is 1. The lowest BCUT2D eigenvalue weighted by atomic mass is 10.2. The van der Waals surface area contributed by atoms with Crippen LogP contribution in [0, 0.1) is 6.92 Å². The third-order valence-electron chi connectivity index (χ3n) is 2.74. The number of hydrogen-bond donors (Lipinski definition) is 2. The van der Waals surface area contributed by atoms with E-state index in [1.165, 1.54) is 25.6 Å². The predicted octanol–water partition coefficient (Wildman–Crippen LogP) is 1.18. The van der Waals surface area contributed by atoms with Crippen LogP contribution in [0.4, 0.5) is 11.6 Å². The number of rotatable bonds is 2. The molecule has 1 aliphatic rings. The Labute approximate surface area is 89.7 Å². The lowest BCUT2D eigenvalue weighted by Crippen LogP contribution is -2.35. The lowest BCUT2D eigenvalue weighted by Gasteiger charge is -2.27. The van der Waals surface area contributed by atoms with Crippen molar-refractivity contribution in [3.05, 3.63) is 11.9 Å². The summed E-state index contributed by atoms with van der Waals surface area (Å²) in [5.41, 5.74) is 9.93. The fraction of sp³-hybridized carbons (Fsp3) is 0.600. The van der Waals surface area contributed by atoms with Crippen LogP contribution in [0.3, 0.4) is 0 Å². The van der Waals surface area contributed by atoms with Crippen LogP contribution in [-0.2, 0) is 0 Å². The van der Waals surface area contributed by atoms with E-state index in [2.05, 4.69) is 20.4 Å². The van der Waals surface area contributed by atoms with Gasteiger partial charge in [-0.25, -0.2) is 15.0 Å². The molecule has 0 radical (unpaired) electrons. The highest BCUT2D eigenvalue weighted by atomic mass is 15.5. The van der Waals surface area contributed by atoms with Gasteiger partial charge in [-0.2, -0.15) is 0 Å². The summed E-state index contributed by atoms with van der Waals surface area (Å²) in [4.78, 5) is 8.13. The van der Waals surface area contributed by atoms with Crippen molar-refractivity contribution < 1.29 is 0 Å². The molecule has 2 heterocycles. The number of anilines is 2. The van der Waals surface area contributed by atoms with Gasteiger partial charge in [0.15, 0.2) is 0 Å².